The fourth-order valence-electron chi connectivity index (χ4n) is 3.11. The molecular weight excluding hydrogens is 234 g/mol. The van der Waals surface area contributed by atoms with Crippen molar-refractivity contribution in [1.82, 2.24) is 5.16 Å². The van der Waals surface area contributed by atoms with Crippen LogP contribution in [0.4, 0.5) is 0 Å². The Hall–Kier alpha value is -1.57. The largest absolute Gasteiger partial charge is 0.364 e. The third-order valence-corrected chi connectivity index (χ3v) is 4.59. The molecule has 0 unspecified atom stereocenters. The van der Waals surface area contributed by atoms with Crippen LogP contribution in [0.15, 0.2) is 35.1 Å². The Labute approximate surface area is 114 Å². The molecule has 0 spiro atoms. The molecule has 0 amide bonds. The highest BCUT2D eigenvalue weighted by molar-refractivity contribution is 5.62. The van der Waals surface area contributed by atoms with Crippen LogP contribution >= 0.6 is 0 Å². The van der Waals surface area contributed by atoms with E-state index < -0.39 is 0 Å². The molecule has 0 N–H and O–H groups in total. The Morgan fingerprint density at radius 2 is 1.63 bits per heavy atom. The van der Waals surface area contributed by atoms with Crippen molar-refractivity contribution in [3.63, 3.8) is 0 Å². The number of rotatable bonds is 1. The lowest BCUT2D eigenvalue weighted by Crippen LogP contribution is -2.33. The second kappa shape index (κ2) is 3.96. The minimum Gasteiger partial charge on any atom is -0.364 e. The number of nitrogens with zero attached hydrogens (tertiary/aromatic N) is 1. The zero-order valence-corrected chi connectivity index (χ0v) is 12.2. The summed E-state index contributed by atoms with van der Waals surface area (Å²) >= 11 is 0. The molecule has 2 nitrogen and oxygen atoms in total. The molecule has 3 rings (SSSR count). The van der Waals surface area contributed by atoms with Crippen molar-refractivity contribution in [3.05, 3.63) is 41.7 Å². The summed E-state index contributed by atoms with van der Waals surface area (Å²) in [4.78, 5) is 0. The first kappa shape index (κ1) is 12.5. The van der Waals surface area contributed by atoms with Crippen LogP contribution in [-0.2, 0) is 10.8 Å². The molecule has 0 saturated carbocycles. The van der Waals surface area contributed by atoms with Crippen LogP contribution in [0, 0.1) is 0 Å². The van der Waals surface area contributed by atoms with Gasteiger partial charge in [-0.15, -0.1) is 0 Å². The fraction of sp³-hybridized carbons (Fsp3) is 0.471. The van der Waals surface area contributed by atoms with Gasteiger partial charge in [-0.1, -0.05) is 45.0 Å². The van der Waals surface area contributed by atoms with Gasteiger partial charge >= 0.3 is 0 Å². The SMILES string of the molecule is CC1(C)CCC(C)(C)c2cc(-c3ccon3)ccc21. The Kier molecular flexibility index (Phi) is 2.60. The van der Waals surface area contributed by atoms with Crippen LogP contribution in [0.2, 0.25) is 0 Å². The van der Waals surface area contributed by atoms with Crippen molar-refractivity contribution >= 4 is 0 Å². The molecule has 0 radical (unpaired) electrons. The molecule has 0 saturated heterocycles. The highest BCUT2D eigenvalue weighted by Crippen LogP contribution is 2.46. The number of aromatic nitrogens is 1. The maximum Gasteiger partial charge on any atom is 0.124 e. The first-order valence-corrected chi connectivity index (χ1v) is 6.96. The summed E-state index contributed by atoms with van der Waals surface area (Å²) in [5.41, 5.74) is 5.53. The average molecular weight is 255 g/mol. The molecular formula is C17H21NO. The lowest BCUT2D eigenvalue weighted by molar-refractivity contribution is 0.332. The van der Waals surface area contributed by atoms with Crippen LogP contribution in [0.25, 0.3) is 11.3 Å². The van der Waals surface area contributed by atoms with Crippen LogP contribution in [0.5, 0.6) is 0 Å². The van der Waals surface area contributed by atoms with Crippen LogP contribution in [-0.4, -0.2) is 5.16 Å². The molecule has 0 atom stereocenters. The van der Waals surface area contributed by atoms with Gasteiger partial charge in [0.1, 0.15) is 12.0 Å². The zero-order valence-electron chi connectivity index (χ0n) is 12.2. The van der Waals surface area contributed by atoms with Gasteiger partial charge in [0.25, 0.3) is 0 Å². The Morgan fingerprint density at radius 3 is 2.26 bits per heavy atom. The smallest absolute Gasteiger partial charge is 0.124 e. The third-order valence-electron chi connectivity index (χ3n) is 4.59. The zero-order chi connectivity index (χ0) is 13.7. The Bertz CT molecular complexity index is 594. The molecule has 100 valence electrons. The molecule has 1 aliphatic carbocycles. The molecule has 2 aromatic rings. The average Bonchev–Trinajstić information content (AvgIpc) is 2.89. The molecule has 1 aromatic carbocycles. The van der Waals surface area contributed by atoms with E-state index in [1.807, 2.05) is 6.07 Å². The van der Waals surface area contributed by atoms with Crippen molar-refractivity contribution in [2.24, 2.45) is 0 Å². The maximum absolute atomic E-state index is 4.96. The summed E-state index contributed by atoms with van der Waals surface area (Å²) in [6.45, 7) is 9.37. The first-order valence-electron chi connectivity index (χ1n) is 6.96. The maximum atomic E-state index is 4.96. The summed E-state index contributed by atoms with van der Waals surface area (Å²) < 4.78 is 4.96. The lowest BCUT2D eigenvalue weighted by atomic mass is 9.63. The molecule has 0 fully saturated rings. The van der Waals surface area contributed by atoms with Gasteiger partial charge in [-0.05, 0) is 40.9 Å². The fourth-order valence-corrected chi connectivity index (χ4v) is 3.11. The van der Waals surface area contributed by atoms with E-state index >= 15 is 0 Å². The van der Waals surface area contributed by atoms with E-state index in [4.69, 9.17) is 4.52 Å². The van der Waals surface area contributed by atoms with Gasteiger partial charge in [-0.25, -0.2) is 0 Å². The summed E-state index contributed by atoms with van der Waals surface area (Å²) in [6.07, 6.45) is 4.11. The quantitative estimate of drug-likeness (QED) is 0.738. The van der Waals surface area contributed by atoms with Gasteiger partial charge in [0.2, 0.25) is 0 Å². The van der Waals surface area contributed by atoms with Crippen LogP contribution in [0.1, 0.15) is 51.7 Å². The Balaban J connectivity index is 2.18. The van der Waals surface area contributed by atoms with Gasteiger partial charge in [0.05, 0.1) is 0 Å². The van der Waals surface area contributed by atoms with E-state index in [0.29, 0.717) is 0 Å². The lowest BCUT2D eigenvalue weighted by Gasteiger charge is -2.42. The highest BCUT2D eigenvalue weighted by Gasteiger charge is 2.36. The Morgan fingerprint density at radius 1 is 0.947 bits per heavy atom. The molecule has 1 heterocycles. The molecule has 1 aliphatic rings. The van der Waals surface area contributed by atoms with Crippen molar-refractivity contribution in [2.45, 2.75) is 51.4 Å². The minimum atomic E-state index is 0.241. The second-order valence-electron chi connectivity index (χ2n) is 6.91. The minimum absolute atomic E-state index is 0.241. The van der Waals surface area contributed by atoms with E-state index in [1.54, 1.807) is 6.26 Å². The van der Waals surface area contributed by atoms with E-state index in [-0.39, 0.29) is 10.8 Å². The van der Waals surface area contributed by atoms with Crippen molar-refractivity contribution < 1.29 is 4.52 Å². The first-order chi connectivity index (χ1) is 8.90. The van der Waals surface area contributed by atoms with Crippen LogP contribution in [0.3, 0.4) is 0 Å². The number of fused-ring (bicyclic) bond motifs is 1. The number of hydrogen-bond acceptors (Lipinski definition) is 2. The van der Waals surface area contributed by atoms with Gasteiger partial charge in [0, 0.05) is 11.6 Å². The van der Waals surface area contributed by atoms with E-state index in [2.05, 4.69) is 51.1 Å². The molecule has 0 bridgehead atoms. The van der Waals surface area contributed by atoms with Crippen molar-refractivity contribution in [3.8, 4) is 11.3 Å². The summed E-state index contributed by atoms with van der Waals surface area (Å²) in [5.74, 6) is 0. The molecule has 19 heavy (non-hydrogen) atoms. The van der Waals surface area contributed by atoms with Gasteiger partial charge in [-0.3, -0.25) is 0 Å². The van der Waals surface area contributed by atoms with Gasteiger partial charge in [0.15, 0.2) is 0 Å². The normalized spacial score (nSPS) is 20.0. The van der Waals surface area contributed by atoms with E-state index in [9.17, 15) is 0 Å². The van der Waals surface area contributed by atoms with Gasteiger partial charge in [-0.2, -0.15) is 0 Å². The molecule has 2 heteroatoms. The predicted molar refractivity (Wildman–Crippen MR) is 77.2 cm³/mol. The van der Waals surface area contributed by atoms with Crippen molar-refractivity contribution in [1.29, 1.82) is 0 Å². The highest BCUT2D eigenvalue weighted by atomic mass is 16.5. The third kappa shape index (κ3) is 1.99. The van der Waals surface area contributed by atoms with Crippen LogP contribution < -0.4 is 0 Å². The topological polar surface area (TPSA) is 26.0 Å². The van der Waals surface area contributed by atoms with E-state index in [0.717, 1.165) is 11.3 Å². The monoisotopic (exact) mass is 255 g/mol. The standard InChI is InChI=1S/C17H21NO/c1-16(2)8-9-17(3,4)14-11-12(5-6-13(14)16)15-7-10-19-18-15/h5-7,10-11H,8-9H2,1-4H3. The van der Waals surface area contributed by atoms with Gasteiger partial charge < -0.3 is 4.52 Å². The second-order valence-corrected chi connectivity index (χ2v) is 6.91. The predicted octanol–water partition coefficient (Wildman–Crippen LogP) is 4.69. The summed E-state index contributed by atoms with van der Waals surface area (Å²) in [6, 6.07) is 8.66. The molecule has 1 aromatic heterocycles. The summed E-state index contributed by atoms with van der Waals surface area (Å²) in [5, 5.41) is 4.04. The van der Waals surface area contributed by atoms with Crippen molar-refractivity contribution in [2.75, 3.05) is 0 Å². The summed E-state index contributed by atoms with van der Waals surface area (Å²) in [7, 11) is 0. The number of benzene rings is 1. The number of hydrogen-bond donors (Lipinski definition) is 0. The van der Waals surface area contributed by atoms with E-state index in [1.165, 1.54) is 24.0 Å². The molecule has 0 aliphatic heterocycles.